The lowest BCUT2D eigenvalue weighted by Gasteiger charge is -2.51. The summed E-state index contributed by atoms with van der Waals surface area (Å²) in [6.45, 7) is 4.48. The van der Waals surface area contributed by atoms with E-state index in [1.165, 1.54) is 5.39 Å². The number of hydrogen-bond acceptors (Lipinski definition) is 3. The van der Waals surface area contributed by atoms with Crippen molar-refractivity contribution in [1.29, 1.82) is 0 Å². The summed E-state index contributed by atoms with van der Waals surface area (Å²) in [6.07, 6.45) is 3.20. The van der Waals surface area contributed by atoms with Gasteiger partial charge in [-0.15, -0.1) is 0 Å². The average molecular weight is 335 g/mol. The van der Waals surface area contributed by atoms with Gasteiger partial charge in [-0.05, 0) is 18.6 Å². The number of methoxy groups -OCH3 is 1. The Morgan fingerprint density at radius 1 is 1.30 bits per heavy atom. The Kier molecular flexibility index (Phi) is 3.46. The SMILES string of the molecule is COC1CC(Nc2nccc3c(Br)cccc23)C1(C)C. The van der Waals surface area contributed by atoms with Gasteiger partial charge in [0.25, 0.3) is 0 Å². The second-order valence-corrected chi connectivity index (χ2v) is 6.83. The molecule has 4 heteroatoms. The summed E-state index contributed by atoms with van der Waals surface area (Å²) in [7, 11) is 1.79. The van der Waals surface area contributed by atoms with Gasteiger partial charge < -0.3 is 10.1 Å². The Morgan fingerprint density at radius 3 is 2.80 bits per heavy atom. The number of anilines is 1. The van der Waals surface area contributed by atoms with Gasteiger partial charge in [0.1, 0.15) is 5.82 Å². The van der Waals surface area contributed by atoms with Gasteiger partial charge in [-0.2, -0.15) is 0 Å². The number of hydrogen-bond donors (Lipinski definition) is 1. The zero-order valence-electron chi connectivity index (χ0n) is 12.0. The van der Waals surface area contributed by atoms with Crippen LogP contribution in [0.15, 0.2) is 34.9 Å². The molecular formula is C16H19BrN2O. The highest BCUT2D eigenvalue weighted by Gasteiger charge is 2.48. The van der Waals surface area contributed by atoms with Gasteiger partial charge in [-0.3, -0.25) is 0 Å². The van der Waals surface area contributed by atoms with Crippen LogP contribution in [0.3, 0.4) is 0 Å². The van der Waals surface area contributed by atoms with Crippen molar-refractivity contribution in [2.45, 2.75) is 32.4 Å². The normalized spacial score (nSPS) is 24.4. The molecule has 3 rings (SSSR count). The fourth-order valence-electron chi connectivity index (χ4n) is 2.98. The third kappa shape index (κ3) is 2.11. The zero-order valence-corrected chi connectivity index (χ0v) is 13.6. The van der Waals surface area contributed by atoms with E-state index in [1.54, 1.807) is 7.11 Å². The topological polar surface area (TPSA) is 34.1 Å². The van der Waals surface area contributed by atoms with Crippen LogP contribution in [0.25, 0.3) is 10.8 Å². The minimum Gasteiger partial charge on any atom is -0.381 e. The van der Waals surface area contributed by atoms with Crippen LogP contribution in [0.5, 0.6) is 0 Å². The van der Waals surface area contributed by atoms with Gasteiger partial charge in [0.05, 0.1) is 6.10 Å². The lowest BCUT2D eigenvalue weighted by molar-refractivity contribution is -0.0795. The molecule has 0 spiro atoms. The fraction of sp³-hybridized carbons (Fsp3) is 0.438. The third-order valence-corrected chi connectivity index (χ3v) is 5.22. The minimum atomic E-state index is 0.130. The standard InChI is InChI=1S/C16H19BrN2O/c1-16(2)13(9-14(16)20-3)19-15-11-5-4-6-12(17)10(11)7-8-18-15/h4-8,13-14H,9H2,1-3H3,(H,18,19). The van der Waals surface area contributed by atoms with Crippen molar-refractivity contribution in [2.24, 2.45) is 5.41 Å². The van der Waals surface area contributed by atoms with Crippen molar-refractivity contribution < 1.29 is 4.74 Å². The number of nitrogens with one attached hydrogen (secondary N) is 1. The first-order valence-electron chi connectivity index (χ1n) is 6.86. The van der Waals surface area contributed by atoms with Crippen molar-refractivity contribution in [2.75, 3.05) is 12.4 Å². The molecule has 1 aliphatic rings. The first-order valence-corrected chi connectivity index (χ1v) is 7.66. The first-order chi connectivity index (χ1) is 9.54. The van der Waals surface area contributed by atoms with E-state index in [-0.39, 0.29) is 5.41 Å². The third-order valence-electron chi connectivity index (χ3n) is 4.53. The minimum absolute atomic E-state index is 0.130. The van der Waals surface area contributed by atoms with Gasteiger partial charge in [-0.1, -0.05) is 41.9 Å². The van der Waals surface area contributed by atoms with Crippen LogP contribution < -0.4 is 5.32 Å². The molecule has 1 N–H and O–H groups in total. The quantitative estimate of drug-likeness (QED) is 0.912. The smallest absolute Gasteiger partial charge is 0.134 e. The van der Waals surface area contributed by atoms with Crippen LogP contribution >= 0.6 is 15.9 Å². The van der Waals surface area contributed by atoms with Gasteiger partial charge in [-0.25, -0.2) is 4.98 Å². The van der Waals surface area contributed by atoms with Crippen LogP contribution in [0, 0.1) is 5.41 Å². The summed E-state index contributed by atoms with van der Waals surface area (Å²) in [6, 6.07) is 8.64. The molecule has 3 nitrogen and oxygen atoms in total. The molecule has 1 aliphatic carbocycles. The van der Waals surface area contributed by atoms with Gasteiger partial charge >= 0.3 is 0 Å². The number of fused-ring (bicyclic) bond motifs is 1. The van der Waals surface area contributed by atoms with Crippen LogP contribution in [0.4, 0.5) is 5.82 Å². The lowest BCUT2D eigenvalue weighted by atomic mass is 9.64. The van der Waals surface area contributed by atoms with E-state index in [4.69, 9.17) is 4.74 Å². The van der Waals surface area contributed by atoms with Crippen molar-refractivity contribution in [3.05, 3.63) is 34.9 Å². The predicted molar refractivity (Wildman–Crippen MR) is 86.0 cm³/mol. The van der Waals surface area contributed by atoms with E-state index in [9.17, 15) is 0 Å². The predicted octanol–water partition coefficient (Wildman–Crippen LogP) is 4.22. The summed E-state index contributed by atoms with van der Waals surface area (Å²) < 4.78 is 6.61. The van der Waals surface area contributed by atoms with E-state index < -0.39 is 0 Å². The molecule has 0 amide bonds. The number of nitrogens with zero attached hydrogens (tertiary/aromatic N) is 1. The number of ether oxygens (including phenoxy) is 1. The maximum absolute atomic E-state index is 5.51. The van der Waals surface area contributed by atoms with Crippen molar-refractivity contribution in [1.82, 2.24) is 4.98 Å². The Morgan fingerprint density at radius 2 is 2.10 bits per heavy atom. The molecule has 20 heavy (non-hydrogen) atoms. The van der Waals surface area contributed by atoms with Crippen LogP contribution in [0.1, 0.15) is 20.3 Å². The summed E-state index contributed by atoms with van der Waals surface area (Å²) in [5.74, 6) is 0.955. The van der Waals surface area contributed by atoms with Gasteiger partial charge in [0.15, 0.2) is 0 Å². The maximum Gasteiger partial charge on any atom is 0.134 e. The molecule has 1 saturated carbocycles. The molecular weight excluding hydrogens is 316 g/mol. The molecule has 0 aliphatic heterocycles. The molecule has 2 atom stereocenters. The molecule has 2 aromatic rings. The molecule has 0 saturated heterocycles. The molecule has 106 valence electrons. The highest BCUT2D eigenvalue weighted by molar-refractivity contribution is 9.10. The fourth-order valence-corrected chi connectivity index (χ4v) is 3.48. The molecule has 1 aromatic heterocycles. The molecule has 0 radical (unpaired) electrons. The summed E-state index contributed by atoms with van der Waals surface area (Å²) in [5, 5.41) is 5.93. The van der Waals surface area contributed by atoms with Crippen LogP contribution in [0.2, 0.25) is 0 Å². The van der Waals surface area contributed by atoms with Gasteiger partial charge in [0, 0.05) is 40.0 Å². The largest absolute Gasteiger partial charge is 0.381 e. The van der Waals surface area contributed by atoms with E-state index in [1.807, 2.05) is 18.3 Å². The summed E-state index contributed by atoms with van der Waals surface area (Å²) in [5.41, 5.74) is 0.130. The molecule has 1 aromatic carbocycles. The number of halogens is 1. The lowest BCUT2D eigenvalue weighted by Crippen LogP contribution is -2.57. The van der Waals surface area contributed by atoms with E-state index >= 15 is 0 Å². The maximum atomic E-state index is 5.51. The Hall–Kier alpha value is -1.13. The van der Waals surface area contributed by atoms with Crippen LogP contribution in [-0.2, 0) is 4.74 Å². The molecule has 1 fully saturated rings. The van der Waals surface area contributed by atoms with Crippen molar-refractivity contribution >= 4 is 32.5 Å². The Bertz CT molecular complexity index is 641. The van der Waals surface area contributed by atoms with E-state index in [0.29, 0.717) is 12.1 Å². The monoisotopic (exact) mass is 334 g/mol. The van der Waals surface area contributed by atoms with Crippen LogP contribution in [-0.4, -0.2) is 24.2 Å². The summed E-state index contributed by atoms with van der Waals surface area (Å²) >= 11 is 3.60. The summed E-state index contributed by atoms with van der Waals surface area (Å²) in [4.78, 5) is 4.51. The highest BCUT2D eigenvalue weighted by atomic mass is 79.9. The van der Waals surface area contributed by atoms with Gasteiger partial charge in [0.2, 0.25) is 0 Å². The first kappa shape index (κ1) is 13.8. The van der Waals surface area contributed by atoms with E-state index in [2.05, 4.69) is 52.2 Å². The zero-order chi connectivity index (χ0) is 14.3. The Balaban J connectivity index is 1.91. The second kappa shape index (κ2) is 5.01. The number of pyridine rings is 1. The molecule has 1 heterocycles. The average Bonchev–Trinajstić information content (AvgIpc) is 2.43. The van der Waals surface area contributed by atoms with Crippen molar-refractivity contribution in [3.63, 3.8) is 0 Å². The number of benzene rings is 1. The molecule has 2 unspecified atom stereocenters. The number of rotatable bonds is 3. The number of aromatic nitrogens is 1. The van der Waals surface area contributed by atoms with E-state index in [0.717, 1.165) is 22.1 Å². The highest BCUT2D eigenvalue weighted by Crippen LogP contribution is 2.44. The molecule has 0 bridgehead atoms. The second-order valence-electron chi connectivity index (χ2n) is 5.97. The Labute approximate surface area is 127 Å². The van der Waals surface area contributed by atoms with Crippen molar-refractivity contribution in [3.8, 4) is 0 Å².